The third-order valence-corrected chi connectivity index (χ3v) is 7.51. The van der Waals surface area contributed by atoms with E-state index in [1.807, 2.05) is 0 Å². The number of carbonyl (C=O) groups excluding carboxylic acids is 5. The van der Waals surface area contributed by atoms with Crippen LogP contribution in [0.1, 0.15) is 40.3 Å². The van der Waals surface area contributed by atoms with Gasteiger partial charge in [0.05, 0.1) is 18.8 Å². The molecule has 0 saturated carbocycles. The zero-order valence-corrected chi connectivity index (χ0v) is 26.2. The molecule has 1 saturated heterocycles. The lowest BCUT2D eigenvalue weighted by Crippen LogP contribution is -2.71. The van der Waals surface area contributed by atoms with Gasteiger partial charge in [-0.05, 0) is 33.3 Å². The van der Waals surface area contributed by atoms with Crippen molar-refractivity contribution in [1.82, 2.24) is 15.2 Å². The van der Waals surface area contributed by atoms with E-state index < -0.39 is 53.8 Å². The number of thioether (sulfide) groups is 1. The lowest BCUT2D eigenvalue weighted by molar-refractivity contribution is -0.169. The summed E-state index contributed by atoms with van der Waals surface area (Å²) in [7, 11) is 2.67. The molecule has 2 N–H and O–H groups in total. The van der Waals surface area contributed by atoms with Crippen LogP contribution in [-0.2, 0) is 42.9 Å². The Balaban J connectivity index is 1.72. The quantitative estimate of drug-likeness (QED) is 0.0842. The Morgan fingerprint density at radius 1 is 1.07 bits per heavy atom. The molecule has 0 bridgehead atoms. The fourth-order valence-electron chi connectivity index (χ4n) is 3.82. The van der Waals surface area contributed by atoms with E-state index >= 15 is 0 Å². The number of carbonyl (C=O) groups is 5. The smallest absolute Gasteiger partial charge is 0.447 e. The molecular formula is C25H33N5O11S2. The number of nitrogens with one attached hydrogen (secondary N) is 2. The molecule has 43 heavy (non-hydrogen) atoms. The summed E-state index contributed by atoms with van der Waals surface area (Å²) in [5, 5.41) is 9.79. The minimum Gasteiger partial charge on any atom is -0.447 e. The van der Waals surface area contributed by atoms with Crippen LogP contribution in [0.25, 0.3) is 0 Å². The van der Waals surface area contributed by atoms with Crippen molar-refractivity contribution in [2.45, 2.75) is 64.5 Å². The Morgan fingerprint density at radius 3 is 2.40 bits per heavy atom. The van der Waals surface area contributed by atoms with E-state index in [9.17, 15) is 24.0 Å². The number of fused-ring (bicyclic) bond motifs is 1. The summed E-state index contributed by atoms with van der Waals surface area (Å²) in [6.07, 6.45) is -3.83. The van der Waals surface area contributed by atoms with Crippen LogP contribution < -0.4 is 10.6 Å². The van der Waals surface area contributed by atoms with E-state index in [1.54, 1.807) is 27.7 Å². The molecule has 0 aromatic carbocycles. The maximum Gasteiger partial charge on any atom is 0.511 e. The van der Waals surface area contributed by atoms with Crippen molar-refractivity contribution >= 4 is 64.0 Å². The van der Waals surface area contributed by atoms with Gasteiger partial charge in [-0.1, -0.05) is 5.16 Å². The normalized spacial score (nSPS) is 18.9. The highest BCUT2D eigenvalue weighted by molar-refractivity contribution is 8.00. The molecule has 1 aromatic heterocycles. The van der Waals surface area contributed by atoms with Crippen molar-refractivity contribution in [3.63, 3.8) is 0 Å². The van der Waals surface area contributed by atoms with Crippen LogP contribution in [0.5, 0.6) is 0 Å². The average Bonchev–Trinajstić information content (AvgIpc) is 3.36. The fourth-order valence-corrected chi connectivity index (χ4v) is 5.83. The highest BCUT2D eigenvalue weighted by Gasteiger charge is 2.55. The lowest BCUT2D eigenvalue weighted by Gasteiger charge is -2.49. The molecule has 0 aliphatic carbocycles. The number of nitrogens with zero attached hydrogens (tertiary/aromatic N) is 3. The van der Waals surface area contributed by atoms with E-state index in [0.717, 1.165) is 11.3 Å². The number of ether oxygens (including phenoxy) is 5. The van der Waals surface area contributed by atoms with Crippen LogP contribution >= 0.6 is 23.1 Å². The number of hydrogen-bond donors (Lipinski definition) is 2. The second kappa shape index (κ2) is 15.0. The van der Waals surface area contributed by atoms with Crippen LogP contribution in [0.3, 0.4) is 0 Å². The number of hydrogen-bond acceptors (Lipinski definition) is 15. The summed E-state index contributed by atoms with van der Waals surface area (Å²) >= 11 is 2.33. The highest BCUT2D eigenvalue weighted by atomic mass is 32.2. The standard InChI is InChI=1S/C25H33N5O11S2/c1-11(2)38-24(34)28-23-26-15(10-43-23)16(29-37-7)19(31)27-17-20(32)30-18(14(8-36-6)9-42-21(17)30)22(33)40-13(5)41-25(35)39-12(3)4/h10-13,17,21H,8-9H2,1-7H3,(H,27,31)(H,26,28,34)/b29-16+/t13?,17-,21-/m1/s1. The van der Waals surface area contributed by atoms with E-state index in [1.165, 1.54) is 43.2 Å². The number of rotatable bonds is 12. The van der Waals surface area contributed by atoms with Gasteiger partial charge in [0.2, 0.25) is 6.29 Å². The predicted octanol–water partition coefficient (Wildman–Crippen LogP) is 2.20. The van der Waals surface area contributed by atoms with Gasteiger partial charge in [-0.2, -0.15) is 0 Å². The van der Waals surface area contributed by atoms with Crippen molar-refractivity contribution in [3.8, 4) is 0 Å². The molecule has 2 aliphatic heterocycles. The van der Waals surface area contributed by atoms with Gasteiger partial charge in [0, 0.05) is 25.2 Å². The molecule has 236 valence electrons. The molecule has 3 atom stereocenters. The number of anilines is 1. The first-order valence-electron chi connectivity index (χ1n) is 13.0. The second-order valence-corrected chi connectivity index (χ2v) is 11.5. The van der Waals surface area contributed by atoms with E-state index in [-0.39, 0.29) is 40.7 Å². The van der Waals surface area contributed by atoms with Crippen molar-refractivity contribution in [1.29, 1.82) is 0 Å². The molecule has 16 nitrogen and oxygen atoms in total. The van der Waals surface area contributed by atoms with E-state index in [4.69, 9.17) is 28.5 Å². The molecule has 0 radical (unpaired) electrons. The number of oxime groups is 1. The molecule has 3 rings (SSSR count). The van der Waals surface area contributed by atoms with E-state index in [2.05, 4.69) is 20.8 Å². The summed E-state index contributed by atoms with van der Waals surface area (Å²) in [6, 6.07) is -1.03. The Hall–Kier alpha value is -3.90. The molecule has 1 unspecified atom stereocenters. The molecule has 2 aliphatic rings. The zero-order chi connectivity index (χ0) is 31.8. The first-order chi connectivity index (χ1) is 20.4. The molecule has 1 aromatic rings. The third-order valence-electron chi connectivity index (χ3n) is 5.41. The topological polar surface area (TPSA) is 193 Å². The molecular weight excluding hydrogens is 610 g/mol. The second-order valence-electron chi connectivity index (χ2n) is 9.49. The van der Waals surface area contributed by atoms with Gasteiger partial charge in [0.25, 0.3) is 11.8 Å². The molecule has 18 heteroatoms. The molecule has 1 fully saturated rings. The Morgan fingerprint density at radius 2 is 1.77 bits per heavy atom. The zero-order valence-electron chi connectivity index (χ0n) is 24.5. The Kier molecular flexibility index (Phi) is 11.7. The minimum absolute atomic E-state index is 0.0329. The summed E-state index contributed by atoms with van der Waals surface area (Å²) in [4.78, 5) is 73.5. The maximum absolute atomic E-state index is 13.3. The summed E-state index contributed by atoms with van der Waals surface area (Å²) in [5.74, 6) is -1.99. The van der Waals surface area contributed by atoms with Crippen LogP contribution in [0.15, 0.2) is 21.8 Å². The largest absolute Gasteiger partial charge is 0.511 e. The van der Waals surface area contributed by atoms with Crippen molar-refractivity contribution in [3.05, 3.63) is 22.3 Å². The van der Waals surface area contributed by atoms with E-state index in [0.29, 0.717) is 5.57 Å². The van der Waals surface area contributed by atoms with Crippen molar-refractivity contribution in [2.24, 2.45) is 5.16 Å². The summed E-state index contributed by atoms with van der Waals surface area (Å²) in [5.41, 5.74) is 0.248. The number of methoxy groups -OCH3 is 1. The van der Waals surface area contributed by atoms with Gasteiger partial charge in [-0.25, -0.2) is 19.4 Å². The minimum atomic E-state index is -1.31. The van der Waals surface area contributed by atoms with Crippen molar-refractivity contribution in [2.75, 3.05) is 31.9 Å². The molecule has 0 spiro atoms. The maximum atomic E-state index is 13.3. The predicted molar refractivity (Wildman–Crippen MR) is 153 cm³/mol. The Labute approximate surface area is 255 Å². The number of amides is 3. The van der Waals surface area contributed by atoms with Gasteiger partial charge in [0.15, 0.2) is 10.8 Å². The highest BCUT2D eigenvalue weighted by Crippen LogP contribution is 2.41. The average molecular weight is 644 g/mol. The van der Waals surface area contributed by atoms with Gasteiger partial charge in [-0.3, -0.25) is 19.8 Å². The van der Waals surface area contributed by atoms with Gasteiger partial charge in [-0.15, -0.1) is 23.1 Å². The SMILES string of the molecule is COCC1=C(C(=O)OC(C)OC(=O)OC(C)C)N2C(=O)[C@@H](NC(=O)/C(=N/OC)c3csc(NC(=O)OC(C)C)n3)[C@H]2SC1. The Bertz CT molecular complexity index is 1300. The first-order valence-corrected chi connectivity index (χ1v) is 14.9. The first kappa shape index (κ1) is 33.6. The van der Waals surface area contributed by atoms with Crippen LogP contribution in [-0.4, -0.2) is 102 Å². The van der Waals surface area contributed by atoms with Gasteiger partial charge < -0.3 is 33.8 Å². The number of thiazole rings is 1. The van der Waals surface area contributed by atoms with Gasteiger partial charge >= 0.3 is 18.2 Å². The molecule has 3 amide bonds. The van der Waals surface area contributed by atoms with Crippen LogP contribution in [0.4, 0.5) is 14.7 Å². The lowest BCUT2D eigenvalue weighted by atomic mass is 10.0. The number of β-lactam (4-membered cyclic amide) rings is 1. The van der Waals surface area contributed by atoms with Crippen LogP contribution in [0, 0.1) is 0 Å². The monoisotopic (exact) mass is 643 g/mol. The third kappa shape index (κ3) is 8.57. The summed E-state index contributed by atoms with van der Waals surface area (Å²) < 4.78 is 25.3. The van der Waals surface area contributed by atoms with Crippen LogP contribution in [0.2, 0.25) is 0 Å². The molecule has 3 heterocycles. The van der Waals surface area contributed by atoms with Crippen molar-refractivity contribution < 1.29 is 52.5 Å². The number of esters is 1. The fraction of sp³-hybridized carbons (Fsp3) is 0.560. The summed E-state index contributed by atoms with van der Waals surface area (Å²) in [6.45, 7) is 8.00. The number of aromatic nitrogens is 1. The van der Waals surface area contributed by atoms with Gasteiger partial charge in [0.1, 0.15) is 29.9 Å².